The van der Waals surface area contributed by atoms with Crippen LogP contribution in [0, 0.1) is 0 Å². The molecule has 0 amide bonds. The van der Waals surface area contributed by atoms with E-state index in [0.29, 0.717) is 6.04 Å². The van der Waals surface area contributed by atoms with E-state index in [2.05, 4.69) is 48.0 Å². The van der Waals surface area contributed by atoms with Gasteiger partial charge >= 0.3 is 0 Å². The molecule has 90 valence electrons. The number of nitrogens with one attached hydrogen (secondary N) is 1. The van der Waals surface area contributed by atoms with Crippen molar-refractivity contribution in [1.82, 2.24) is 14.9 Å². The second-order valence-corrected chi connectivity index (χ2v) is 4.33. The lowest BCUT2D eigenvalue weighted by atomic mass is 10.3. The van der Waals surface area contributed by atoms with Crippen LogP contribution in [0.15, 0.2) is 12.4 Å². The Balaban J connectivity index is 2.51. The molecule has 1 aromatic rings. The van der Waals surface area contributed by atoms with Crippen LogP contribution in [0.1, 0.15) is 32.9 Å². The Kier molecular flexibility index (Phi) is 5.19. The van der Waals surface area contributed by atoms with E-state index in [4.69, 9.17) is 0 Å². The Morgan fingerprint density at radius 1 is 1.31 bits per heavy atom. The van der Waals surface area contributed by atoms with Crippen molar-refractivity contribution in [3.63, 3.8) is 0 Å². The van der Waals surface area contributed by atoms with Crippen molar-refractivity contribution in [2.24, 2.45) is 0 Å². The van der Waals surface area contributed by atoms with E-state index < -0.39 is 0 Å². The zero-order valence-corrected chi connectivity index (χ0v) is 10.7. The van der Waals surface area contributed by atoms with E-state index in [1.54, 1.807) is 6.20 Å². The van der Waals surface area contributed by atoms with Gasteiger partial charge in [0.25, 0.3) is 0 Å². The molecule has 1 aromatic heterocycles. The minimum Gasteiger partial charge on any atom is -0.369 e. The summed E-state index contributed by atoms with van der Waals surface area (Å²) < 4.78 is 0. The minimum atomic E-state index is 0.527. The van der Waals surface area contributed by atoms with Gasteiger partial charge in [-0.2, -0.15) is 0 Å². The molecule has 1 rings (SSSR count). The standard InChI is InChI=1S/C12H22N4/c1-5-6-13-12-8-14-11(7-15-12)9-16(4)10(2)3/h7-8,10H,5-6,9H2,1-4H3,(H,13,15). The lowest BCUT2D eigenvalue weighted by Crippen LogP contribution is -2.26. The molecule has 0 unspecified atom stereocenters. The molecule has 4 nitrogen and oxygen atoms in total. The van der Waals surface area contributed by atoms with Gasteiger partial charge < -0.3 is 5.32 Å². The number of hydrogen-bond donors (Lipinski definition) is 1. The molecule has 0 aromatic carbocycles. The van der Waals surface area contributed by atoms with E-state index >= 15 is 0 Å². The lowest BCUT2D eigenvalue weighted by Gasteiger charge is -2.20. The van der Waals surface area contributed by atoms with Crippen LogP contribution in [-0.2, 0) is 6.54 Å². The first-order valence-electron chi connectivity index (χ1n) is 5.88. The molecule has 16 heavy (non-hydrogen) atoms. The summed E-state index contributed by atoms with van der Waals surface area (Å²) in [6.07, 6.45) is 4.75. The van der Waals surface area contributed by atoms with E-state index in [0.717, 1.165) is 31.0 Å². The molecule has 0 bridgehead atoms. The number of nitrogens with zero attached hydrogens (tertiary/aromatic N) is 3. The molecule has 0 saturated carbocycles. The highest BCUT2D eigenvalue weighted by molar-refractivity contribution is 5.30. The first-order valence-corrected chi connectivity index (χ1v) is 5.88. The molecule has 1 heterocycles. The average molecular weight is 222 g/mol. The van der Waals surface area contributed by atoms with Crippen LogP contribution in [0.4, 0.5) is 5.82 Å². The maximum atomic E-state index is 4.39. The van der Waals surface area contributed by atoms with Crippen LogP contribution < -0.4 is 5.32 Å². The molecule has 0 spiro atoms. The summed E-state index contributed by atoms with van der Waals surface area (Å²) in [6.45, 7) is 8.26. The van der Waals surface area contributed by atoms with Crippen molar-refractivity contribution in [2.45, 2.75) is 39.8 Å². The molecule has 0 saturated heterocycles. The van der Waals surface area contributed by atoms with E-state index in [1.807, 2.05) is 6.20 Å². The monoisotopic (exact) mass is 222 g/mol. The SMILES string of the molecule is CCCNc1cnc(CN(C)C(C)C)cn1. The predicted octanol–water partition coefficient (Wildman–Crippen LogP) is 2.14. The summed E-state index contributed by atoms with van der Waals surface area (Å²) in [5.41, 5.74) is 1.01. The summed E-state index contributed by atoms with van der Waals surface area (Å²) in [6, 6.07) is 0.527. The topological polar surface area (TPSA) is 41.1 Å². The van der Waals surface area contributed by atoms with Crippen LogP contribution in [-0.4, -0.2) is 34.5 Å². The number of rotatable bonds is 6. The largest absolute Gasteiger partial charge is 0.369 e. The summed E-state index contributed by atoms with van der Waals surface area (Å²) in [5, 5.41) is 3.21. The third kappa shape index (κ3) is 4.14. The average Bonchev–Trinajstić information content (AvgIpc) is 2.28. The van der Waals surface area contributed by atoms with Crippen LogP contribution in [0.5, 0.6) is 0 Å². The van der Waals surface area contributed by atoms with Crippen molar-refractivity contribution in [1.29, 1.82) is 0 Å². The van der Waals surface area contributed by atoms with Crippen LogP contribution in [0.2, 0.25) is 0 Å². The van der Waals surface area contributed by atoms with Crippen LogP contribution >= 0.6 is 0 Å². The lowest BCUT2D eigenvalue weighted by molar-refractivity contribution is 0.262. The van der Waals surface area contributed by atoms with Gasteiger partial charge in [-0.3, -0.25) is 9.88 Å². The predicted molar refractivity (Wildman–Crippen MR) is 67.4 cm³/mol. The third-order valence-electron chi connectivity index (χ3n) is 2.55. The Hall–Kier alpha value is -1.16. The molecular weight excluding hydrogens is 200 g/mol. The first kappa shape index (κ1) is 12.9. The quantitative estimate of drug-likeness (QED) is 0.800. The highest BCUT2D eigenvalue weighted by Gasteiger charge is 2.05. The van der Waals surface area contributed by atoms with Crippen molar-refractivity contribution in [2.75, 3.05) is 18.9 Å². The fraction of sp³-hybridized carbons (Fsp3) is 0.667. The maximum absolute atomic E-state index is 4.39. The molecule has 0 atom stereocenters. The van der Waals surface area contributed by atoms with Crippen molar-refractivity contribution in [3.8, 4) is 0 Å². The van der Waals surface area contributed by atoms with Crippen molar-refractivity contribution < 1.29 is 0 Å². The summed E-state index contributed by atoms with van der Waals surface area (Å²) in [7, 11) is 2.09. The number of anilines is 1. The van der Waals surface area contributed by atoms with Crippen LogP contribution in [0.25, 0.3) is 0 Å². The number of hydrogen-bond acceptors (Lipinski definition) is 4. The highest BCUT2D eigenvalue weighted by Crippen LogP contribution is 2.05. The Labute approximate surface area is 98.1 Å². The third-order valence-corrected chi connectivity index (χ3v) is 2.55. The zero-order chi connectivity index (χ0) is 12.0. The normalized spacial score (nSPS) is 11.1. The highest BCUT2D eigenvalue weighted by atomic mass is 15.1. The van der Waals surface area contributed by atoms with Gasteiger partial charge in [0.1, 0.15) is 5.82 Å². The zero-order valence-electron chi connectivity index (χ0n) is 10.7. The fourth-order valence-electron chi connectivity index (χ4n) is 1.22. The van der Waals surface area contributed by atoms with Gasteiger partial charge in [-0.1, -0.05) is 6.92 Å². The molecule has 1 N–H and O–H groups in total. The molecule has 0 aliphatic carbocycles. The fourth-order valence-corrected chi connectivity index (χ4v) is 1.22. The summed E-state index contributed by atoms with van der Waals surface area (Å²) in [4.78, 5) is 11.0. The smallest absolute Gasteiger partial charge is 0.144 e. The van der Waals surface area contributed by atoms with Gasteiger partial charge in [0.05, 0.1) is 18.1 Å². The maximum Gasteiger partial charge on any atom is 0.144 e. The van der Waals surface area contributed by atoms with Crippen molar-refractivity contribution >= 4 is 5.82 Å². The van der Waals surface area contributed by atoms with Gasteiger partial charge in [-0.15, -0.1) is 0 Å². The van der Waals surface area contributed by atoms with Gasteiger partial charge in [0.15, 0.2) is 0 Å². The van der Waals surface area contributed by atoms with Crippen molar-refractivity contribution in [3.05, 3.63) is 18.1 Å². The van der Waals surface area contributed by atoms with Gasteiger partial charge in [0.2, 0.25) is 0 Å². The van der Waals surface area contributed by atoms with Gasteiger partial charge in [-0.05, 0) is 27.3 Å². The van der Waals surface area contributed by atoms with Gasteiger partial charge in [-0.25, -0.2) is 4.98 Å². The minimum absolute atomic E-state index is 0.527. The second kappa shape index (κ2) is 6.43. The Morgan fingerprint density at radius 3 is 2.56 bits per heavy atom. The van der Waals surface area contributed by atoms with E-state index in [-0.39, 0.29) is 0 Å². The Bertz CT molecular complexity index is 294. The molecule has 4 heteroatoms. The molecule has 0 aliphatic heterocycles. The summed E-state index contributed by atoms with van der Waals surface area (Å²) in [5.74, 6) is 0.859. The van der Waals surface area contributed by atoms with Gasteiger partial charge in [0, 0.05) is 19.1 Å². The molecule has 0 radical (unpaired) electrons. The second-order valence-electron chi connectivity index (χ2n) is 4.33. The molecule has 0 aliphatic rings. The Morgan fingerprint density at radius 2 is 2.06 bits per heavy atom. The summed E-state index contributed by atoms with van der Waals surface area (Å²) >= 11 is 0. The van der Waals surface area contributed by atoms with E-state index in [1.165, 1.54) is 0 Å². The first-order chi connectivity index (χ1) is 7.63. The number of aromatic nitrogens is 2. The van der Waals surface area contributed by atoms with E-state index in [9.17, 15) is 0 Å². The van der Waals surface area contributed by atoms with Crippen LogP contribution in [0.3, 0.4) is 0 Å². The molecular formula is C12H22N4. The molecule has 0 fully saturated rings.